The van der Waals surface area contributed by atoms with Gasteiger partial charge in [-0.3, -0.25) is 0 Å². The van der Waals surface area contributed by atoms with Crippen LogP contribution in [0.1, 0.15) is 38.5 Å². The van der Waals surface area contributed by atoms with Gasteiger partial charge in [0.25, 0.3) is 0 Å². The summed E-state index contributed by atoms with van der Waals surface area (Å²) in [6, 6.07) is 4.96. The zero-order chi connectivity index (χ0) is 7.52. The molecule has 0 spiro atoms. The minimum absolute atomic E-state index is 0.180. The summed E-state index contributed by atoms with van der Waals surface area (Å²) in [5, 5.41) is 0. The van der Waals surface area contributed by atoms with Crippen LogP contribution in [0.4, 0.5) is 0 Å². The fourth-order valence-electron chi connectivity index (χ4n) is 2.73. The Morgan fingerprint density at radius 1 is 0.727 bits per heavy atom. The molecule has 11 heavy (non-hydrogen) atoms. The Bertz CT molecular complexity index is 86.3. The van der Waals surface area contributed by atoms with E-state index in [2.05, 4.69) is 0 Å². The quantitative estimate of drug-likeness (QED) is 0.485. The Morgan fingerprint density at radius 3 is 1.64 bits per heavy atom. The first kappa shape index (κ1) is 7.84. The molecule has 0 aromatic rings. The first-order valence-electron chi connectivity index (χ1n) is 5.29. The lowest BCUT2D eigenvalue weighted by atomic mass is 9.93. The van der Waals surface area contributed by atoms with Gasteiger partial charge in [0, 0.05) is 8.80 Å². The van der Waals surface area contributed by atoms with Crippen molar-refractivity contribution in [1.82, 2.24) is 0 Å². The molecule has 0 aromatic heterocycles. The van der Waals surface area contributed by atoms with Crippen LogP contribution in [-0.2, 0) is 0 Å². The predicted molar refractivity (Wildman–Crippen MR) is 51.4 cm³/mol. The van der Waals surface area contributed by atoms with Crippen molar-refractivity contribution in [3.8, 4) is 0 Å². The van der Waals surface area contributed by atoms with Crippen LogP contribution in [0, 0.1) is 5.92 Å². The Morgan fingerprint density at radius 2 is 1.18 bits per heavy atom. The molecule has 0 aromatic carbocycles. The molecular formula is C10H19Si. The Balaban J connectivity index is 1.96. The molecule has 0 unspecified atom stereocenters. The standard InChI is InChI=1S/C10H19Si/c1-4-10-5-2-8-11(7-1)9-3-6-10/h10H,1-9H2. The highest BCUT2D eigenvalue weighted by molar-refractivity contribution is 6.58. The first-order valence-corrected chi connectivity index (χ1v) is 7.41. The third-order valence-electron chi connectivity index (χ3n) is 3.43. The SMILES string of the molecule is C1CC2CCC[Si](C1)CCC2. The second kappa shape index (κ2) is 3.75. The number of rotatable bonds is 0. The van der Waals surface area contributed by atoms with E-state index in [9.17, 15) is 0 Å². The minimum Gasteiger partial charge on any atom is -0.0590 e. The number of fused-ring (bicyclic) bond motifs is 6. The smallest absolute Gasteiger partial charge is 0.0479 e. The zero-order valence-corrected chi connectivity index (χ0v) is 8.44. The van der Waals surface area contributed by atoms with Crippen molar-refractivity contribution in [2.24, 2.45) is 5.92 Å². The maximum Gasteiger partial charge on any atom is 0.0479 e. The Labute approximate surface area is 72.0 Å². The number of hydrogen-bond acceptors (Lipinski definition) is 0. The Hall–Kier alpha value is 0.217. The molecule has 3 aliphatic heterocycles. The van der Waals surface area contributed by atoms with Gasteiger partial charge in [0.1, 0.15) is 0 Å². The van der Waals surface area contributed by atoms with Crippen molar-refractivity contribution in [1.29, 1.82) is 0 Å². The summed E-state index contributed by atoms with van der Waals surface area (Å²) in [5.74, 6) is 1.14. The van der Waals surface area contributed by atoms with Crippen LogP contribution in [0.3, 0.4) is 0 Å². The fraction of sp³-hybridized carbons (Fsp3) is 1.00. The second-order valence-corrected chi connectivity index (χ2v) is 7.29. The Kier molecular flexibility index (Phi) is 2.67. The molecule has 3 aliphatic rings. The molecule has 3 heterocycles. The summed E-state index contributed by atoms with van der Waals surface area (Å²) >= 11 is 0. The van der Waals surface area contributed by atoms with Crippen molar-refractivity contribution in [3.63, 3.8) is 0 Å². The van der Waals surface area contributed by atoms with Crippen LogP contribution < -0.4 is 0 Å². The highest BCUT2D eigenvalue weighted by Crippen LogP contribution is 2.32. The van der Waals surface area contributed by atoms with E-state index >= 15 is 0 Å². The molecule has 63 valence electrons. The maximum atomic E-state index is 1.65. The van der Waals surface area contributed by atoms with Gasteiger partial charge >= 0.3 is 0 Å². The molecule has 2 bridgehead atoms. The molecule has 1 heteroatoms. The molecule has 0 aliphatic carbocycles. The molecule has 0 nitrogen and oxygen atoms in total. The van der Waals surface area contributed by atoms with Crippen LogP contribution in [0.2, 0.25) is 18.1 Å². The average molecular weight is 167 g/mol. The van der Waals surface area contributed by atoms with Gasteiger partial charge in [-0.1, -0.05) is 56.7 Å². The lowest BCUT2D eigenvalue weighted by molar-refractivity contribution is 0.389. The topological polar surface area (TPSA) is 0 Å². The number of hydrogen-bond donors (Lipinski definition) is 0. The molecule has 0 amide bonds. The third-order valence-corrected chi connectivity index (χ3v) is 6.61. The molecule has 1 radical (unpaired) electrons. The lowest BCUT2D eigenvalue weighted by Crippen LogP contribution is -2.20. The maximum absolute atomic E-state index is 1.65. The summed E-state index contributed by atoms with van der Waals surface area (Å²) in [5.41, 5.74) is 0. The average Bonchev–Trinajstić information content (AvgIpc) is 1.80. The van der Waals surface area contributed by atoms with Gasteiger partial charge in [-0.05, 0) is 5.92 Å². The lowest BCUT2D eigenvalue weighted by Gasteiger charge is -2.27. The largest absolute Gasteiger partial charge is 0.0590 e. The van der Waals surface area contributed by atoms with Gasteiger partial charge in [-0.15, -0.1) is 0 Å². The molecule has 3 rings (SSSR count). The van der Waals surface area contributed by atoms with Gasteiger partial charge in [0.15, 0.2) is 0 Å². The van der Waals surface area contributed by atoms with E-state index in [0.717, 1.165) is 5.92 Å². The van der Waals surface area contributed by atoms with Gasteiger partial charge in [-0.2, -0.15) is 0 Å². The molecule has 3 saturated heterocycles. The predicted octanol–water partition coefficient (Wildman–Crippen LogP) is 3.47. The van der Waals surface area contributed by atoms with Crippen molar-refractivity contribution in [3.05, 3.63) is 0 Å². The van der Waals surface area contributed by atoms with Crippen LogP contribution >= 0.6 is 0 Å². The van der Waals surface area contributed by atoms with E-state index in [1.165, 1.54) is 0 Å². The highest BCUT2D eigenvalue weighted by Gasteiger charge is 2.21. The van der Waals surface area contributed by atoms with E-state index in [-0.39, 0.29) is 8.80 Å². The van der Waals surface area contributed by atoms with Crippen molar-refractivity contribution in [2.75, 3.05) is 0 Å². The van der Waals surface area contributed by atoms with Gasteiger partial charge in [0.05, 0.1) is 0 Å². The fourth-order valence-corrected chi connectivity index (χ4v) is 5.59. The molecular weight excluding hydrogens is 148 g/mol. The van der Waals surface area contributed by atoms with Crippen molar-refractivity contribution in [2.45, 2.75) is 56.7 Å². The summed E-state index contributed by atoms with van der Waals surface area (Å²) in [6.07, 6.45) is 9.48. The van der Waals surface area contributed by atoms with E-state index in [0.29, 0.717) is 0 Å². The molecule has 0 saturated carbocycles. The van der Waals surface area contributed by atoms with Crippen molar-refractivity contribution >= 4 is 8.80 Å². The molecule has 3 fully saturated rings. The monoisotopic (exact) mass is 167 g/mol. The van der Waals surface area contributed by atoms with Gasteiger partial charge in [0.2, 0.25) is 0 Å². The van der Waals surface area contributed by atoms with E-state index in [1.807, 2.05) is 0 Å². The van der Waals surface area contributed by atoms with Crippen LogP contribution in [0.25, 0.3) is 0 Å². The van der Waals surface area contributed by atoms with Crippen molar-refractivity contribution < 1.29 is 0 Å². The second-order valence-electron chi connectivity index (χ2n) is 4.29. The van der Waals surface area contributed by atoms with E-state index in [4.69, 9.17) is 0 Å². The first-order chi connectivity index (χ1) is 5.45. The summed E-state index contributed by atoms with van der Waals surface area (Å²) < 4.78 is 0. The van der Waals surface area contributed by atoms with Crippen LogP contribution in [0.5, 0.6) is 0 Å². The van der Waals surface area contributed by atoms with E-state index < -0.39 is 0 Å². The molecule has 0 N–H and O–H groups in total. The molecule has 0 atom stereocenters. The van der Waals surface area contributed by atoms with Gasteiger partial charge in [-0.25, -0.2) is 0 Å². The van der Waals surface area contributed by atoms with Crippen LogP contribution in [-0.4, -0.2) is 8.80 Å². The summed E-state index contributed by atoms with van der Waals surface area (Å²) in [4.78, 5) is 0. The zero-order valence-electron chi connectivity index (χ0n) is 7.44. The minimum atomic E-state index is 0.180. The summed E-state index contributed by atoms with van der Waals surface area (Å²) in [7, 11) is 0.180. The normalized spacial score (nSPS) is 29.5. The third kappa shape index (κ3) is 2.08. The van der Waals surface area contributed by atoms with Crippen LogP contribution in [0.15, 0.2) is 0 Å². The highest BCUT2D eigenvalue weighted by atomic mass is 28.3. The summed E-state index contributed by atoms with van der Waals surface area (Å²) in [6.45, 7) is 0. The van der Waals surface area contributed by atoms with E-state index in [1.54, 1.807) is 56.7 Å². The van der Waals surface area contributed by atoms with Gasteiger partial charge < -0.3 is 0 Å².